The quantitative estimate of drug-likeness (QED) is 0.173. The molecule has 2 saturated heterocycles. The predicted molar refractivity (Wildman–Crippen MR) is 112 cm³/mol. The van der Waals surface area contributed by atoms with Gasteiger partial charge < -0.3 is 66.8 Å². The summed E-state index contributed by atoms with van der Waals surface area (Å²) in [6.07, 6.45) is -11.9. The topological polar surface area (TPSA) is 236 Å². The second-order valence-electron chi connectivity index (χ2n) is 9.47. The highest BCUT2D eigenvalue weighted by molar-refractivity contribution is 4.98. The van der Waals surface area contributed by atoms with E-state index in [4.69, 9.17) is 36.1 Å². The van der Waals surface area contributed by atoms with Crippen molar-refractivity contribution >= 4 is 0 Å². The Morgan fingerprint density at radius 3 is 2.00 bits per heavy atom. The molecule has 0 aromatic rings. The summed E-state index contributed by atoms with van der Waals surface area (Å²) in [5, 5.41) is 61.4. The van der Waals surface area contributed by atoms with Crippen molar-refractivity contribution in [2.75, 3.05) is 13.2 Å². The summed E-state index contributed by atoms with van der Waals surface area (Å²) >= 11 is 0. The highest BCUT2D eigenvalue weighted by Gasteiger charge is 2.50. The van der Waals surface area contributed by atoms with E-state index in [1.165, 1.54) is 0 Å². The Bertz CT molecular complexity index is 581. The molecule has 33 heavy (non-hydrogen) atoms. The molecule has 194 valence electrons. The van der Waals surface area contributed by atoms with Crippen molar-refractivity contribution in [1.82, 2.24) is 0 Å². The van der Waals surface area contributed by atoms with Gasteiger partial charge in [-0.1, -0.05) is 13.8 Å². The van der Waals surface area contributed by atoms with Crippen LogP contribution in [-0.2, 0) is 18.9 Å². The van der Waals surface area contributed by atoms with Gasteiger partial charge in [0.1, 0.15) is 42.7 Å². The minimum atomic E-state index is -1.40. The standard InChI is InChI=1S/C20H39N3O10/c1-6-3-8(22)18(33-19-7(2)12(25)14(27)9(4-21)30-19)16(29)17(6)32-20-15(28)11(23)13(26)10(5-24)31-20/h6-20,24-29H,3-5,21-23H2,1-2H3. The van der Waals surface area contributed by atoms with E-state index < -0.39 is 92.1 Å². The normalized spacial score (nSPS) is 53.7. The second-order valence-corrected chi connectivity index (χ2v) is 9.47. The summed E-state index contributed by atoms with van der Waals surface area (Å²) in [6.45, 7) is 2.87. The van der Waals surface area contributed by atoms with Crippen LogP contribution in [0, 0.1) is 11.8 Å². The maximum atomic E-state index is 11.1. The van der Waals surface area contributed by atoms with Crippen molar-refractivity contribution in [3.8, 4) is 0 Å². The lowest BCUT2D eigenvalue weighted by Gasteiger charge is -2.48. The Kier molecular flexibility index (Phi) is 9.05. The molecular formula is C20H39N3O10. The first-order valence-electron chi connectivity index (χ1n) is 11.4. The van der Waals surface area contributed by atoms with Crippen molar-refractivity contribution in [3.05, 3.63) is 0 Å². The van der Waals surface area contributed by atoms with Gasteiger partial charge in [0.05, 0.1) is 24.9 Å². The fourth-order valence-corrected chi connectivity index (χ4v) is 4.83. The summed E-state index contributed by atoms with van der Waals surface area (Å²) in [6, 6.07) is -1.72. The van der Waals surface area contributed by atoms with E-state index in [9.17, 15) is 30.6 Å². The van der Waals surface area contributed by atoms with Crippen molar-refractivity contribution in [1.29, 1.82) is 0 Å². The Morgan fingerprint density at radius 1 is 0.788 bits per heavy atom. The van der Waals surface area contributed by atoms with E-state index >= 15 is 0 Å². The fourth-order valence-electron chi connectivity index (χ4n) is 4.83. The molecular weight excluding hydrogens is 442 g/mol. The zero-order chi connectivity index (χ0) is 24.6. The molecule has 12 N–H and O–H groups in total. The summed E-state index contributed by atoms with van der Waals surface area (Å²) in [4.78, 5) is 0. The lowest BCUT2D eigenvalue weighted by molar-refractivity contribution is -0.327. The third-order valence-electron chi connectivity index (χ3n) is 7.06. The average molecular weight is 482 g/mol. The van der Waals surface area contributed by atoms with Crippen LogP contribution in [0.4, 0.5) is 0 Å². The highest BCUT2D eigenvalue weighted by Crippen LogP contribution is 2.35. The molecule has 3 aliphatic rings. The molecule has 2 heterocycles. The molecule has 0 aromatic heterocycles. The van der Waals surface area contributed by atoms with Crippen LogP contribution in [0.2, 0.25) is 0 Å². The number of aliphatic hydroxyl groups is 6. The summed E-state index contributed by atoms with van der Waals surface area (Å²) in [5.41, 5.74) is 17.7. The zero-order valence-electron chi connectivity index (χ0n) is 18.8. The molecule has 2 aliphatic heterocycles. The monoisotopic (exact) mass is 481 g/mol. The van der Waals surface area contributed by atoms with Crippen LogP contribution in [0.5, 0.6) is 0 Å². The van der Waals surface area contributed by atoms with E-state index in [0.29, 0.717) is 6.42 Å². The Hall–Kier alpha value is -0.520. The molecule has 1 aliphatic carbocycles. The first-order valence-corrected chi connectivity index (χ1v) is 11.4. The van der Waals surface area contributed by atoms with Crippen LogP contribution < -0.4 is 17.2 Å². The molecule has 15 unspecified atom stereocenters. The van der Waals surface area contributed by atoms with Gasteiger partial charge in [-0.15, -0.1) is 0 Å². The molecule has 1 saturated carbocycles. The van der Waals surface area contributed by atoms with E-state index in [-0.39, 0.29) is 12.5 Å². The van der Waals surface area contributed by atoms with E-state index in [0.717, 1.165) is 0 Å². The Balaban J connectivity index is 1.72. The van der Waals surface area contributed by atoms with Gasteiger partial charge in [-0.2, -0.15) is 0 Å². The second kappa shape index (κ2) is 11.0. The Morgan fingerprint density at radius 2 is 1.39 bits per heavy atom. The summed E-state index contributed by atoms with van der Waals surface area (Å²) in [7, 11) is 0. The molecule has 15 atom stereocenters. The van der Waals surface area contributed by atoms with Gasteiger partial charge in [0, 0.05) is 18.5 Å². The van der Waals surface area contributed by atoms with Crippen molar-refractivity contribution in [2.45, 2.75) is 99.9 Å². The largest absolute Gasteiger partial charge is 0.394 e. The van der Waals surface area contributed by atoms with Gasteiger partial charge in [0.2, 0.25) is 0 Å². The first-order chi connectivity index (χ1) is 15.5. The minimum absolute atomic E-state index is 0.0398. The molecule has 0 aromatic carbocycles. The highest BCUT2D eigenvalue weighted by atomic mass is 16.7. The van der Waals surface area contributed by atoms with E-state index in [1.54, 1.807) is 6.92 Å². The number of nitrogens with two attached hydrogens (primary N) is 3. The molecule has 3 rings (SSSR count). The lowest BCUT2D eigenvalue weighted by atomic mass is 9.80. The van der Waals surface area contributed by atoms with Crippen LogP contribution in [0.25, 0.3) is 0 Å². The Labute approximate surface area is 192 Å². The van der Waals surface area contributed by atoms with Gasteiger partial charge in [-0.25, -0.2) is 0 Å². The molecule has 3 fully saturated rings. The van der Waals surface area contributed by atoms with Crippen LogP contribution in [0.15, 0.2) is 0 Å². The fraction of sp³-hybridized carbons (Fsp3) is 1.00. The molecule has 0 radical (unpaired) electrons. The zero-order valence-corrected chi connectivity index (χ0v) is 18.8. The minimum Gasteiger partial charge on any atom is -0.394 e. The van der Waals surface area contributed by atoms with E-state index in [1.807, 2.05) is 6.92 Å². The summed E-state index contributed by atoms with van der Waals surface area (Å²) < 4.78 is 23.1. The number of hydrogen-bond donors (Lipinski definition) is 9. The molecule has 0 spiro atoms. The van der Waals surface area contributed by atoms with Crippen molar-refractivity contribution in [3.63, 3.8) is 0 Å². The van der Waals surface area contributed by atoms with Crippen molar-refractivity contribution in [2.24, 2.45) is 29.0 Å². The third kappa shape index (κ3) is 5.35. The molecule has 13 nitrogen and oxygen atoms in total. The van der Waals surface area contributed by atoms with Crippen molar-refractivity contribution < 1.29 is 49.6 Å². The maximum absolute atomic E-state index is 11.1. The molecule has 13 heteroatoms. The molecule has 0 bridgehead atoms. The maximum Gasteiger partial charge on any atom is 0.186 e. The van der Waals surface area contributed by atoms with Crippen LogP contribution in [-0.4, -0.2) is 123 Å². The van der Waals surface area contributed by atoms with Crippen LogP contribution >= 0.6 is 0 Å². The smallest absolute Gasteiger partial charge is 0.186 e. The van der Waals surface area contributed by atoms with E-state index in [2.05, 4.69) is 0 Å². The number of rotatable bonds is 6. The van der Waals surface area contributed by atoms with Gasteiger partial charge in [0.25, 0.3) is 0 Å². The van der Waals surface area contributed by atoms with Gasteiger partial charge >= 0.3 is 0 Å². The third-order valence-corrected chi connectivity index (χ3v) is 7.06. The van der Waals surface area contributed by atoms with Gasteiger partial charge in [0.15, 0.2) is 12.6 Å². The average Bonchev–Trinajstić information content (AvgIpc) is 2.79. The van der Waals surface area contributed by atoms with Crippen LogP contribution in [0.1, 0.15) is 20.3 Å². The first kappa shape index (κ1) is 27.1. The SMILES string of the molecule is CC1CC(N)C(OC2OC(CN)C(O)C(O)C2C)C(O)C1OC1OC(CO)C(O)C(N)C1O. The van der Waals surface area contributed by atoms with Gasteiger partial charge in [-0.3, -0.25) is 0 Å². The molecule has 0 amide bonds. The number of ether oxygens (including phenoxy) is 4. The lowest BCUT2D eigenvalue weighted by Crippen LogP contribution is -2.66. The predicted octanol–water partition coefficient (Wildman–Crippen LogP) is -4.71. The van der Waals surface area contributed by atoms with Crippen LogP contribution in [0.3, 0.4) is 0 Å². The van der Waals surface area contributed by atoms with Gasteiger partial charge in [-0.05, 0) is 12.3 Å². The summed E-state index contributed by atoms with van der Waals surface area (Å²) in [5.74, 6) is -0.899. The number of hydrogen-bond acceptors (Lipinski definition) is 13. The number of aliphatic hydroxyl groups excluding tert-OH is 6.